The highest BCUT2D eigenvalue weighted by Crippen LogP contribution is 2.42. The van der Waals surface area contributed by atoms with Crippen LogP contribution >= 0.6 is 0 Å². The molecule has 1 aromatic carbocycles. The van der Waals surface area contributed by atoms with E-state index in [1.54, 1.807) is 14.2 Å². The van der Waals surface area contributed by atoms with Gasteiger partial charge in [0.1, 0.15) is 11.5 Å². The van der Waals surface area contributed by atoms with Gasteiger partial charge < -0.3 is 19.1 Å². The molecule has 2 aromatic rings. The number of methoxy groups -OCH3 is 2. The third kappa shape index (κ3) is 2.87. The lowest BCUT2D eigenvalue weighted by atomic mass is 9.94. The topological polar surface area (TPSA) is 80.9 Å². The number of β-amino-alcohol motifs (C(OH)–C–C–N with tert-alkyl or cyclic N) is 1. The lowest BCUT2D eigenvalue weighted by molar-refractivity contribution is 0.0567. The zero-order chi connectivity index (χ0) is 17.6. The lowest BCUT2D eigenvalue weighted by Crippen LogP contribution is -2.36. The summed E-state index contributed by atoms with van der Waals surface area (Å²) in [5.41, 5.74) is 1.74. The Kier molecular flexibility index (Phi) is 4.13. The van der Waals surface area contributed by atoms with Crippen LogP contribution in [0.2, 0.25) is 0 Å². The number of aromatic nitrogens is 2. The predicted octanol–water partition coefficient (Wildman–Crippen LogP) is 2.57. The summed E-state index contributed by atoms with van der Waals surface area (Å²) in [5, 5.41) is 14.8. The van der Waals surface area contributed by atoms with E-state index in [0.29, 0.717) is 30.6 Å². The molecule has 7 nitrogen and oxygen atoms in total. The number of ether oxygens (including phenoxy) is 2. The minimum Gasteiger partial charge on any atom is -0.496 e. The number of hydrogen-bond acceptors (Lipinski definition) is 7. The molecule has 0 bridgehead atoms. The Hall–Kier alpha value is -2.12. The zero-order valence-corrected chi connectivity index (χ0v) is 14.7. The van der Waals surface area contributed by atoms with Crippen LogP contribution in [-0.4, -0.2) is 40.9 Å². The summed E-state index contributed by atoms with van der Waals surface area (Å²) in [6.07, 6.45) is 1.61. The van der Waals surface area contributed by atoms with Crippen molar-refractivity contribution in [2.24, 2.45) is 0 Å². The second-order valence-corrected chi connectivity index (χ2v) is 6.75. The van der Waals surface area contributed by atoms with Crippen molar-refractivity contribution in [3.8, 4) is 11.5 Å². The van der Waals surface area contributed by atoms with Crippen molar-refractivity contribution < 1.29 is 19.1 Å². The van der Waals surface area contributed by atoms with E-state index in [0.717, 1.165) is 35.5 Å². The van der Waals surface area contributed by atoms with Gasteiger partial charge in [-0.3, -0.25) is 4.90 Å². The van der Waals surface area contributed by atoms with Crippen LogP contribution in [0.15, 0.2) is 16.7 Å². The predicted molar refractivity (Wildman–Crippen MR) is 89.6 cm³/mol. The van der Waals surface area contributed by atoms with Crippen molar-refractivity contribution in [1.82, 2.24) is 15.0 Å². The first-order chi connectivity index (χ1) is 12.1. The van der Waals surface area contributed by atoms with E-state index in [2.05, 4.69) is 15.0 Å². The van der Waals surface area contributed by atoms with Crippen LogP contribution in [0.1, 0.15) is 60.7 Å². The molecule has 2 atom stereocenters. The first-order valence-electron chi connectivity index (χ1n) is 8.61. The van der Waals surface area contributed by atoms with E-state index in [1.165, 1.54) is 0 Å². The monoisotopic (exact) mass is 345 g/mol. The van der Waals surface area contributed by atoms with Crippen molar-refractivity contribution in [2.75, 3.05) is 20.8 Å². The van der Waals surface area contributed by atoms with Gasteiger partial charge in [-0.15, -0.1) is 0 Å². The van der Waals surface area contributed by atoms with Gasteiger partial charge in [0.25, 0.3) is 0 Å². The van der Waals surface area contributed by atoms with Gasteiger partial charge in [0.15, 0.2) is 5.82 Å². The summed E-state index contributed by atoms with van der Waals surface area (Å²) in [6, 6.07) is 3.62. The molecule has 0 spiro atoms. The molecule has 2 unspecified atom stereocenters. The highest BCUT2D eigenvalue weighted by Gasteiger charge is 2.35. The maximum Gasteiger partial charge on any atom is 0.243 e. The van der Waals surface area contributed by atoms with E-state index in [-0.39, 0.29) is 6.04 Å². The molecule has 1 aliphatic heterocycles. The van der Waals surface area contributed by atoms with Gasteiger partial charge in [-0.05, 0) is 31.9 Å². The summed E-state index contributed by atoms with van der Waals surface area (Å²) in [7, 11) is 3.25. The lowest BCUT2D eigenvalue weighted by Gasteiger charge is -2.36. The summed E-state index contributed by atoms with van der Waals surface area (Å²) in [4.78, 5) is 6.67. The fraction of sp³-hybridized carbons (Fsp3) is 0.556. The van der Waals surface area contributed by atoms with Crippen LogP contribution in [0.3, 0.4) is 0 Å². The maximum absolute atomic E-state index is 10.7. The fourth-order valence-electron chi connectivity index (χ4n) is 3.48. The van der Waals surface area contributed by atoms with Crippen molar-refractivity contribution in [1.29, 1.82) is 0 Å². The highest BCUT2D eigenvalue weighted by atomic mass is 16.5. The molecular weight excluding hydrogens is 322 g/mol. The summed E-state index contributed by atoms with van der Waals surface area (Å²) >= 11 is 0. The summed E-state index contributed by atoms with van der Waals surface area (Å²) in [6.45, 7) is 3.11. The minimum absolute atomic E-state index is 0.0845. The normalized spacial score (nSPS) is 21.7. The van der Waals surface area contributed by atoms with Crippen LogP contribution < -0.4 is 9.47 Å². The Morgan fingerprint density at radius 2 is 1.96 bits per heavy atom. The SMILES string of the molecule is COc1ccc(OC)c2c1CN(C(C)c1nc(C3CC3)no1)CC2O. The Labute approximate surface area is 146 Å². The largest absolute Gasteiger partial charge is 0.496 e. The van der Waals surface area contributed by atoms with Gasteiger partial charge in [-0.1, -0.05) is 5.16 Å². The molecule has 0 saturated heterocycles. The number of fused-ring (bicyclic) bond motifs is 1. The van der Waals surface area contributed by atoms with Crippen molar-refractivity contribution in [3.05, 3.63) is 35.0 Å². The molecule has 134 valence electrons. The third-order valence-corrected chi connectivity index (χ3v) is 5.12. The van der Waals surface area contributed by atoms with Gasteiger partial charge in [0.2, 0.25) is 5.89 Å². The molecule has 7 heteroatoms. The quantitative estimate of drug-likeness (QED) is 0.892. The van der Waals surface area contributed by atoms with Crippen LogP contribution in [-0.2, 0) is 6.54 Å². The van der Waals surface area contributed by atoms with E-state index < -0.39 is 6.10 Å². The average molecular weight is 345 g/mol. The Morgan fingerprint density at radius 3 is 2.64 bits per heavy atom. The summed E-state index contributed by atoms with van der Waals surface area (Å²) < 4.78 is 16.4. The van der Waals surface area contributed by atoms with Gasteiger partial charge in [-0.2, -0.15) is 4.98 Å². The Balaban J connectivity index is 1.63. The van der Waals surface area contributed by atoms with Crippen molar-refractivity contribution in [2.45, 2.75) is 44.4 Å². The summed E-state index contributed by atoms with van der Waals surface area (Å²) in [5.74, 6) is 3.29. The second kappa shape index (κ2) is 6.31. The van der Waals surface area contributed by atoms with E-state index in [4.69, 9.17) is 14.0 Å². The Morgan fingerprint density at radius 1 is 1.24 bits per heavy atom. The first kappa shape index (κ1) is 16.4. The van der Waals surface area contributed by atoms with Gasteiger partial charge in [-0.25, -0.2) is 0 Å². The maximum atomic E-state index is 10.7. The van der Waals surface area contributed by atoms with Gasteiger partial charge in [0.05, 0.1) is 26.4 Å². The minimum atomic E-state index is -0.665. The van der Waals surface area contributed by atoms with E-state index in [9.17, 15) is 5.11 Å². The molecule has 2 heterocycles. The molecule has 25 heavy (non-hydrogen) atoms. The molecule has 1 saturated carbocycles. The molecule has 1 fully saturated rings. The van der Waals surface area contributed by atoms with Crippen LogP contribution in [0.25, 0.3) is 0 Å². The van der Waals surface area contributed by atoms with Crippen LogP contribution in [0.5, 0.6) is 11.5 Å². The molecule has 2 aliphatic rings. The second-order valence-electron chi connectivity index (χ2n) is 6.75. The highest BCUT2D eigenvalue weighted by molar-refractivity contribution is 5.51. The van der Waals surface area contributed by atoms with Crippen LogP contribution in [0.4, 0.5) is 0 Å². The zero-order valence-electron chi connectivity index (χ0n) is 14.7. The molecular formula is C18H23N3O4. The number of aliphatic hydroxyl groups is 1. The standard InChI is InChI=1S/C18H23N3O4/c1-10(18-19-17(20-25-18)11-4-5-11)21-8-12-14(23-2)6-7-15(24-3)16(12)13(22)9-21/h6-7,10-11,13,22H,4-5,8-9H2,1-3H3. The van der Waals surface area contributed by atoms with E-state index >= 15 is 0 Å². The third-order valence-electron chi connectivity index (χ3n) is 5.12. The molecule has 1 aliphatic carbocycles. The van der Waals surface area contributed by atoms with E-state index in [1.807, 2.05) is 19.1 Å². The van der Waals surface area contributed by atoms with Crippen molar-refractivity contribution >= 4 is 0 Å². The Bertz CT molecular complexity index is 772. The smallest absolute Gasteiger partial charge is 0.243 e. The van der Waals surface area contributed by atoms with Crippen LogP contribution in [0, 0.1) is 0 Å². The molecule has 0 amide bonds. The molecule has 0 radical (unpaired) electrons. The van der Waals surface area contributed by atoms with Gasteiger partial charge in [0, 0.05) is 30.1 Å². The van der Waals surface area contributed by atoms with Crippen molar-refractivity contribution in [3.63, 3.8) is 0 Å². The first-order valence-corrected chi connectivity index (χ1v) is 8.61. The number of hydrogen-bond donors (Lipinski definition) is 1. The number of aliphatic hydroxyl groups excluding tert-OH is 1. The molecule has 1 N–H and O–H groups in total. The average Bonchev–Trinajstić information content (AvgIpc) is 3.37. The molecule has 1 aromatic heterocycles. The van der Waals surface area contributed by atoms with Gasteiger partial charge >= 0.3 is 0 Å². The number of rotatable bonds is 5. The fourth-order valence-corrected chi connectivity index (χ4v) is 3.48. The number of benzene rings is 1. The molecule has 4 rings (SSSR count). The number of nitrogens with zero attached hydrogens (tertiary/aromatic N) is 3.